The van der Waals surface area contributed by atoms with Crippen molar-refractivity contribution in [3.63, 3.8) is 0 Å². The van der Waals surface area contributed by atoms with Crippen molar-refractivity contribution in [3.05, 3.63) is 41.7 Å². The lowest BCUT2D eigenvalue weighted by atomic mass is 10.2. The molecule has 0 N–H and O–H groups in total. The van der Waals surface area contributed by atoms with Gasteiger partial charge in [-0.1, -0.05) is 5.16 Å². The smallest absolute Gasteiger partial charge is 0.274 e. The summed E-state index contributed by atoms with van der Waals surface area (Å²) < 4.78 is 7.03. The van der Waals surface area contributed by atoms with Crippen LogP contribution in [-0.2, 0) is 7.05 Å². The van der Waals surface area contributed by atoms with Crippen LogP contribution in [0, 0.1) is 18.3 Å². The van der Waals surface area contributed by atoms with Gasteiger partial charge in [0.2, 0.25) is 5.82 Å². The first-order valence-electron chi connectivity index (χ1n) is 6.01. The van der Waals surface area contributed by atoms with Crippen LogP contribution in [0.3, 0.4) is 0 Å². The summed E-state index contributed by atoms with van der Waals surface area (Å²) >= 11 is 0. The van der Waals surface area contributed by atoms with Gasteiger partial charge in [0.05, 0.1) is 5.56 Å². The van der Waals surface area contributed by atoms with Crippen LogP contribution >= 0.6 is 0 Å². The van der Waals surface area contributed by atoms with Crippen LogP contribution < -0.4 is 0 Å². The fourth-order valence-electron chi connectivity index (χ4n) is 1.93. The fourth-order valence-corrected chi connectivity index (χ4v) is 1.93. The van der Waals surface area contributed by atoms with Gasteiger partial charge in [0.15, 0.2) is 0 Å². The van der Waals surface area contributed by atoms with Crippen molar-refractivity contribution in [2.75, 3.05) is 0 Å². The number of aromatic nitrogens is 4. The summed E-state index contributed by atoms with van der Waals surface area (Å²) in [6.45, 7) is 1.97. The fraction of sp³-hybridized carbons (Fsp3) is 0.143. The third-order valence-corrected chi connectivity index (χ3v) is 2.92. The first-order valence-corrected chi connectivity index (χ1v) is 6.01. The van der Waals surface area contributed by atoms with E-state index < -0.39 is 0 Å². The molecule has 3 rings (SSSR count). The lowest BCUT2D eigenvalue weighted by molar-refractivity contribution is 0.429. The highest BCUT2D eigenvalue weighted by atomic mass is 16.5. The van der Waals surface area contributed by atoms with Gasteiger partial charge in [0.1, 0.15) is 17.5 Å². The molecule has 0 aliphatic heterocycles. The standard InChI is InChI=1S/C14H11N5O/c1-9-3-4-16-11(5-9)13-17-14(20-18-13)12-6-10(7-15)8-19(12)2/h3-6,8H,1-2H3. The van der Waals surface area contributed by atoms with E-state index in [1.807, 2.05) is 26.1 Å². The summed E-state index contributed by atoms with van der Waals surface area (Å²) in [5.74, 6) is 0.802. The van der Waals surface area contributed by atoms with Crippen molar-refractivity contribution >= 4 is 0 Å². The zero-order valence-corrected chi connectivity index (χ0v) is 11.0. The van der Waals surface area contributed by atoms with Gasteiger partial charge in [0, 0.05) is 19.4 Å². The Labute approximate surface area is 115 Å². The van der Waals surface area contributed by atoms with Crippen molar-refractivity contribution in [2.45, 2.75) is 6.92 Å². The monoisotopic (exact) mass is 265 g/mol. The zero-order chi connectivity index (χ0) is 14.1. The molecule has 0 radical (unpaired) electrons. The molecule has 6 nitrogen and oxygen atoms in total. The minimum absolute atomic E-state index is 0.368. The van der Waals surface area contributed by atoms with Gasteiger partial charge in [-0.2, -0.15) is 10.2 Å². The molecule has 0 spiro atoms. The molecule has 0 saturated heterocycles. The Kier molecular flexibility index (Phi) is 2.80. The Morgan fingerprint density at radius 2 is 2.20 bits per heavy atom. The molecule has 0 bridgehead atoms. The highest BCUT2D eigenvalue weighted by Crippen LogP contribution is 2.22. The van der Waals surface area contributed by atoms with Crippen LogP contribution in [-0.4, -0.2) is 19.7 Å². The Bertz CT molecular complexity index is 809. The number of rotatable bonds is 2. The van der Waals surface area contributed by atoms with Gasteiger partial charge in [-0.15, -0.1) is 0 Å². The van der Waals surface area contributed by atoms with Gasteiger partial charge in [0.25, 0.3) is 5.89 Å². The molecular formula is C14H11N5O. The summed E-state index contributed by atoms with van der Waals surface area (Å²) in [5.41, 5.74) is 2.99. The molecule has 20 heavy (non-hydrogen) atoms. The van der Waals surface area contributed by atoms with E-state index in [4.69, 9.17) is 9.78 Å². The maximum atomic E-state index is 8.90. The van der Waals surface area contributed by atoms with Crippen molar-refractivity contribution < 1.29 is 4.52 Å². The van der Waals surface area contributed by atoms with Crippen LogP contribution in [0.15, 0.2) is 35.1 Å². The number of hydrogen-bond donors (Lipinski definition) is 0. The Morgan fingerprint density at radius 1 is 1.35 bits per heavy atom. The van der Waals surface area contributed by atoms with Crippen molar-refractivity contribution in [2.24, 2.45) is 7.05 Å². The number of pyridine rings is 1. The maximum Gasteiger partial charge on any atom is 0.274 e. The average molecular weight is 265 g/mol. The molecule has 3 aromatic rings. The number of nitrogens with zero attached hydrogens (tertiary/aromatic N) is 5. The third-order valence-electron chi connectivity index (χ3n) is 2.92. The predicted octanol–water partition coefficient (Wildman–Crippen LogP) is 2.32. The lowest BCUT2D eigenvalue weighted by Gasteiger charge is -1.95. The van der Waals surface area contributed by atoms with Gasteiger partial charge < -0.3 is 9.09 Å². The lowest BCUT2D eigenvalue weighted by Crippen LogP contribution is -1.90. The van der Waals surface area contributed by atoms with E-state index in [1.165, 1.54) is 0 Å². The topological polar surface area (TPSA) is 80.5 Å². The van der Waals surface area contributed by atoms with E-state index >= 15 is 0 Å². The second-order valence-electron chi connectivity index (χ2n) is 4.48. The van der Waals surface area contributed by atoms with E-state index in [2.05, 4.69) is 21.2 Å². The SMILES string of the molecule is Cc1ccnc(-c2noc(-c3cc(C#N)cn3C)n2)c1. The molecular weight excluding hydrogens is 254 g/mol. The summed E-state index contributed by atoms with van der Waals surface area (Å²) in [4.78, 5) is 8.55. The summed E-state index contributed by atoms with van der Waals surface area (Å²) in [7, 11) is 1.82. The highest BCUT2D eigenvalue weighted by Gasteiger charge is 2.15. The largest absolute Gasteiger partial charge is 0.345 e. The van der Waals surface area contributed by atoms with Crippen LogP contribution in [0.5, 0.6) is 0 Å². The van der Waals surface area contributed by atoms with E-state index in [0.29, 0.717) is 28.7 Å². The maximum absolute atomic E-state index is 8.90. The van der Waals surface area contributed by atoms with Crippen LogP contribution in [0.1, 0.15) is 11.1 Å². The zero-order valence-electron chi connectivity index (χ0n) is 11.0. The van der Waals surface area contributed by atoms with Gasteiger partial charge in [-0.05, 0) is 30.7 Å². The first kappa shape index (κ1) is 12.1. The van der Waals surface area contributed by atoms with Crippen LogP contribution in [0.4, 0.5) is 0 Å². The number of nitriles is 1. The Balaban J connectivity index is 2.02. The number of hydrogen-bond acceptors (Lipinski definition) is 5. The Hall–Kier alpha value is -2.94. The minimum atomic E-state index is 0.368. The predicted molar refractivity (Wildman–Crippen MR) is 71.4 cm³/mol. The van der Waals surface area contributed by atoms with Gasteiger partial charge in [-0.3, -0.25) is 4.98 Å². The molecule has 0 aliphatic carbocycles. The molecule has 6 heteroatoms. The second kappa shape index (κ2) is 4.63. The van der Waals surface area contributed by atoms with E-state index in [9.17, 15) is 0 Å². The molecule has 0 unspecified atom stereocenters. The third kappa shape index (κ3) is 2.06. The molecule has 0 saturated carbocycles. The second-order valence-corrected chi connectivity index (χ2v) is 4.48. The first-order chi connectivity index (χ1) is 9.67. The number of aryl methyl sites for hydroxylation is 2. The van der Waals surface area contributed by atoms with Crippen molar-refractivity contribution in [1.82, 2.24) is 19.7 Å². The summed E-state index contributed by atoms with van der Waals surface area (Å²) in [5, 5.41) is 12.8. The van der Waals surface area contributed by atoms with Crippen LogP contribution in [0.2, 0.25) is 0 Å². The summed E-state index contributed by atoms with van der Waals surface area (Å²) in [6.07, 6.45) is 3.42. The molecule has 3 heterocycles. The van der Waals surface area contributed by atoms with Gasteiger partial charge in [-0.25, -0.2) is 0 Å². The molecule has 0 atom stereocenters. The highest BCUT2D eigenvalue weighted by molar-refractivity contribution is 5.57. The molecule has 0 aliphatic rings. The molecule has 0 fully saturated rings. The minimum Gasteiger partial charge on any atom is -0.345 e. The van der Waals surface area contributed by atoms with E-state index in [-0.39, 0.29) is 0 Å². The molecule has 0 amide bonds. The molecule has 98 valence electrons. The Morgan fingerprint density at radius 3 is 2.90 bits per heavy atom. The molecule has 0 aromatic carbocycles. The van der Waals surface area contributed by atoms with E-state index in [0.717, 1.165) is 5.56 Å². The van der Waals surface area contributed by atoms with Crippen molar-refractivity contribution in [3.8, 4) is 29.2 Å². The molecule has 3 aromatic heterocycles. The van der Waals surface area contributed by atoms with Gasteiger partial charge >= 0.3 is 0 Å². The normalized spacial score (nSPS) is 10.4. The average Bonchev–Trinajstić information content (AvgIpc) is 3.05. The van der Waals surface area contributed by atoms with Crippen molar-refractivity contribution in [1.29, 1.82) is 5.26 Å². The quantitative estimate of drug-likeness (QED) is 0.710. The van der Waals surface area contributed by atoms with Crippen LogP contribution in [0.25, 0.3) is 23.1 Å². The summed E-state index contributed by atoms with van der Waals surface area (Å²) in [6, 6.07) is 7.58. The van der Waals surface area contributed by atoms with E-state index in [1.54, 1.807) is 23.0 Å².